The molecule has 0 unspecified atom stereocenters. The number of halogens is 2. The fourth-order valence-electron chi connectivity index (χ4n) is 3.43. The molecule has 1 aliphatic heterocycles. The number of hydrogen-bond acceptors (Lipinski definition) is 7. The van der Waals surface area contributed by atoms with E-state index in [0.29, 0.717) is 23.1 Å². The average molecular weight is 421 g/mol. The summed E-state index contributed by atoms with van der Waals surface area (Å²) in [5.41, 5.74) is 2.16. The summed E-state index contributed by atoms with van der Waals surface area (Å²) >= 11 is 0. The number of ether oxygens (including phenoxy) is 2. The molecule has 4 N–H and O–H groups in total. The highest BCUT2D eigenvalue weighted by Crippen LogP contribution is 2.33. The number of rotatable bonds is 6. The SMILES string of the molecule is N#Cc1ccc([C@@H]2O[C@H](CO)[C@@H](O)[C@H](O)[C@H]2O)cc1Cc1ccc(OC(F)F)cc1. The van der Waals surface area contributed by atoms with Crippen LogP contribution in [0.25, 0.3) is 0 Å². The molecule has 30 heavy (non-hydrogen) atoms. The van der Waals surface area contributed by atoms with Gasteiger partial charge in [-0.1, -0.05) is 24.3 Å². The van der Waals surface area contributed by atoms with Gasteiger partial charge in [0.05, 0.1) is 18.2 Å². The van der Waals surface area contributed by atoms with Crippen LogP contribution in [0.1, 0.15) is 28.4 Å². The molecule has 1 saturated heterocycles. The Bertz CT molecular complexity index is 899. The van der Waals surface area contributed by atoms with Gasteiger partial charge in [-0.25, -0.2) is 0 Å². The molecule has 0 radical (unpaired) electrons. The molecule has 1 heterocycles. The second kappa shape index (κ2) is 9.47. The van der Waals surface area contributed by atoms with Gasteiger partial charge in [0.15, 0.2) is 0 Å². The summed E-state index contributed by atoms with van der Waals surface area (Å²) in [6.07, 6.45) is -6.18. The quantitative estimate of drug-likeness (QED) is 0.554. The maximum absolute atomic E-state index is 12.3. The maximum atomic E-state index is 12.3. The lowest BCUT2D eigenvalue weighted by Gasteiger charge is -2.40. The van der Waals surface area contributed by atoms with E-state index in [9.17, 15) is 34.5 Å². The van der Waals surface area contributed by atoms with Crippen molar-refractivity contribution in [3.8, 4) is 11.8 Å². The molecule has 0 saturated carbocycles. The van der Waals surface area contributed by atoms with Crippen LogP contribution < -0.4 is 4.74 Å². The summed E-state index contributed by atoms with van der Waals surface area (Å²) in [6, 6.07) is 12.8. The van der Waals surface area contributed by atoms with Crippen molar-refractivity contribution < 1.29 is 38.7 Å². The number of nitrogens with zero attached hydrogens (tertiary/aromatic N) is 1. The molecule has 160 valence electrons. The van der Waals surface area contributed by atoms with Gasteiger partial charge in [-0.2, -0.15) is 14.0 Å². The molecule has 2 aromatic rings. The minimum Gasteiger partial charge on any atom is -0.435 e. The third-order valence-corrected chi connectivity index (χ3v) is 5.01. The van der Waals surface area contributed by atoms with Gasteiger partial charge in [-0.05, 0) is 41.3 Å². The molecule has 5 atom stereocenters. The van der Waals surface area contributed by atoms with Crippen LogP contribution in [0.3, 0.4) is 0 Å². The third kappa shape index (κ3) is 4.75. The van der Waals surface area contributed by atoms with Crippen molar-refractivity contribution in [3.05, 3.63) is 64.7 Å². The highest BCUT2D eigenvalue weighted by Gasteiger charge is 2.44. The molecule has 1 aliphatic rings. The first kappa shape index (κ1) is 22.1. The topological polar surface area (TPSA) is 123 Å². The zero-order valence-corrected chi connectivity index (χ0v) is 15.7. The second-order valence-corrected chi connectivity index (χ2v) is 6.98. The van der Waals surface area contributed by atoms with Gasteiger partial charge in [0.2, 0.25) is 0 Å². The normalized spacial score (nSPS) is 26.4. The highest BCUT2D eigenvalue weighted by atomic mass is 19.3. The molecule has 0 bridgehead atoms. The van der Waals surface area contributed by atoms with Crippen LogP contribution in [-0.2, 0) is 11.2 Å². The first-order chi connectivity index (χ1) is 14.3. The minimum absolute atomic E-state index is 0.0179. The summed E-state index contributed by atoms with van der Waals surface area (Å²) in [7, 11) is 0. The maximum Gasteiger partial charge on any atom is 0.387 e. The van der Waals surface area contributed by atoms with Crippen LogP contribution in [0.5, 0.6) is 5.75 Å². The first-order valence-electron chi connectivity index (χ1n) is 9.21. The summed E-state index contributed by atoms with van der Waals surface area (Å²) in [6.45, 7) is -3.46. The Morgan fingerprint density at radius 2 is 1.73 bits per heavy atom. The molecule has 0 aliphatic carbocycles. The number of alkyl halides is 2. The predicted octanol–water partition coefficient (Wildman–Crippen LogP) is 1.27. The van der Waals surface area contributed by atoms with E-state index in [1.807, 2.05) is 0 Å². The zero-order valence-electron chi connectivity index (χ0n) is 15.7. The Labute approximate surface area is 171 Å². The Balaban J connectivity index is 1.86. The van der Waals surface area contributed by atoms with Crippen LogP contribution in [0, 0.1) is 11.3 Å². The van der Waals surface area contributed by atoms with Crippen LogP contribution in [0.4, 0.5) is 8.78 Å². The molecule has 7 nitrogen and oxygen atoms in total. The summed E-state index contributed by atoms with van der Waals surface area (Å²) in [4.78, 5) is 0. The smallest absolute Gasteiger partial charge is 0.387 e. The van der Waals surface area contributed by atoms with Gasteiger partial charge in [0, 0.05) is 0 Å². The van der Waals surface area contributed by atoms with Crippen molar-refractivity contribution in [2.75, 3.05) is 6.61 Å². The summed E-state index contributed by atoms with van der Waals surface area (Å²) in [5, 5.41) is 49.0. The zero-order chi connectivity index (χ0) is 21.8. The molecule has 0 aromatic heterocycles. The average Bonchev–Trinajstić information content (AvgIpc) is 2.73. The molecule has 3 rings (SSSR count). The number of aliphatic hydroxyl groups excluding tert-OH is 4. The van der Waals surface area contributed by atoms with Crippen molar-refractivity contribution in [2.24, 2.45) is 0 Å². The molecular weight excluding hydrogens is 400 g/mol. The molecule has 1 fully saturated rings. The van der Waals surface area contributed by atoms with Gasteiger partial charge in [-0.15, -0.1) is 0 Å². The first-order valence-corrected chi connectivity index (χ1v) is 9.21. The van der Waals surface area contributed by atoms with E-state index in [0.717, 1.165) is 5.56 Å². The highest BCUT2D eigenvalue weighted by molar-refractivity contribution is 5.44. The van der Waals surface area contributed by atoms with Gasteiger partial charge in [0.25, 0.3) is 0 Å². The van der Waals surface area contributed by atoms with Crippen molar-refractivity contribution in [1.29, 1.82) is 5.26 Å². The predicted molar refractivity (Wildman–Crippen MR) is 99.8 cm³/mol. The molecule has 9 heteroatoms. The standard InChI is InChI=1S/C21H21F2NO6/c22-21(23)29-15-5-1-11(2-6-15)7-14-8-12(3-4-13(14)9-24)20-19(28)18(27)17(26)16(10-25)30-20/h1-6,8,16-21,25-28H,7,10H2/t16-,17-,18+,19-,20+/m1/s1. The second-order valence-electron chi connectivity index (χ2n) is 6.98. The van der Waals surface area contributed by atoms with Crippen molar-refractivity contribution in [2.45, 2.75) is 43.6 Å². The molecule has 0 spiro atoms. The van der Waals surface area contributed by atoms with Crippen molar-refractivity contribution >= 4 is 0 Å². The lowest BCUT2D eigenvalue weighted by Crippen LogP contribution is -2.55. The summed E-state index contributed by atoms with van der Waals surface area (Å²) in [5.74, 6) is 0.0179. The number of aliphatic hydroxyl groups is 4. The van der Waals surface area contributed by atoms with Crippen LogP contribution in [0.2, 0.25) is 0 Å². The van der Waals surface area contributed by atoms with Gasteiger partial charge in [0.1, 0.15) is 36.3 Å². The van der Waals surface area contributed by atoms with Crippen LogP contribution in [0.15, 0.2) is 42.5 Å². The molecule has 0 amide bonds. The van der Waals surface area contributed by atoms with Gasteiger partial charge in [-0.3, -0.25) is 0 Å². The minimum atomic E-state index is -2.92. The molecular formula is C21H21F2NO6. The Morgan fingerprint density at radius 3 is 2.33 bits per heavy atom. The van der Waals surface area contributed by atoms with Crippen molar-refractivity contribution in [1.82, 2.24) is 0 Å². The van der Waals surface area contributed by atoms with Crippen molar-refractivity contribution in [3.63, 3.8) is 0 Å². The Kier molecular flexibility index (Phi) is 6.97. The lowest BCUT2D eigenvalue weighted by molar-refractivity contribution is -0.231. The van der Waals surface area contributed by atoms with E-state index in [1.54, 1.807) is 30.3 Å². The third-order valence-electron chi connectivity index (χ3n) is 5.01. The Morgan fingerprint density at radius 1 is 1.03 bits per heavy atom. The van der Waals surface area contributed by atoms with Crippen LogP contribution >= 0.6 is 0 Å². The van der Waals surface area contributed by atoms with Crippen LogP contribution in [-0.4, -0.2) is 58.1 Å². The molecule has 2 aromatic carbocycles. The van der Waals surface area contributed by atoms with Gasteiger partial charge >= 0.3 is 6.61 Å². The van der Waals surface area contributed by atoms with E-state index in [2.05, 4.69) is 10.8 Å². The van der Waals surface area contributed by atoms with E-state index in [1.165, 1.54) is 12.1 Å². The summed E-state index contributed by atoms with van der Waals surface area (Å²) < 4.78 is 34.5. The Hall–Kier alpha value is -2.61. The van der Waals surface area contributed by atoms with E-state index < -0.39 is 43.7 Å². The van der Waals surface area contributed by atoms with E-state index >= 15 is 0 Å². The number of nitriles is 1. The van der Waals surface area contributed by atoms with Gasteiger partial charge < -0.3 is 29.9 Å². The fraction of sp³-hybridized carbons (Fsp3) is 0.381. The monoisotopic (exact) mass is 421 g/mol. The fourth-order valence-corrected chi connectivity index (χ4v) is 3.43. The van der Waals surface area contributed by atoms with E-state index in [4.69, 9.17) is 4.74 Å². The largest absolute Gasteiger partial charge is 0.435 e. The van der Waals surface area contributed by atoms with E-state index in [-0.39, 0.29) is 5.75 Å². The lowest BCUT2D eigenvalue weighted by atomic mass is 9.89. The number of benzene rings is 2. The number of hydrogen-bond donors (Lipinski definition) is 4.